The molecule has 5 heteroatoms. The highest BCUT2D eigenvalue weighted by molar-refractivity contribution is 5.95. The van der Waals surface area contributed by atoms with Crippen LogP contribution in [0.4, 0.5) is 5.69 Å². The molecule has 0 spiro atoms. The van der Waals surface area contributed by atoms with E-state index < -0.39 is 0 Å². The number of amidine groups is 1. The summed E-state index contributed by atoms with van der Waals surface area (Å²) in [6, 6.07) is 24.3. The lowest BCUT2D eigenvalue weighted by Crippen LogP contribution is -2.31. The third-order valence-corrected chi connectivity index (χ3v) is 6.57. The van der Waals surface area contributed by atoms with Crippen molar-refractivity contribution in [3.05, 3.63) is 89.5 Å². The molecule has 0 heterocycles. The monoisotopic (exact) mass is 483 g/mol. The van der Waals surface area contributed by atoms with Gasteiger partial charge >= 0.3 is 0 Å². The van der Waals surface area contributed by atoms with Gasteiger partial charge in [0.1, 0.15) is 5.84 Å². The molecular weight excluding hydrogens is 446 g/mol. The van der Waals surface area contributed by atoms with Crippen molar-refractivity contribution in [2.45, 2.75) is 52.2 Å². The van der Waals surface area contributed by atoms with Gasteiger partial charge in [-0.15, -0.1) is 0 Å². The van der Waals surface area contributed by atoms with E-state index in [1.165, 1.54) is 5.56 Å². The summed E-state index contributed by atoms with van der Waals surface area (Å²) in [6.07, 6.45) is 1.86. The molecule has 1 N–H and O–H groups in total. The molecule has 0 saturated heterocycles. The number of rotatable bonds is 7. The molecule has 3 aromatic rings. The summed E-state index contributed by atoms with van der Waals surface area (Å²) in [5.41, 5.74) is 6.13. The van der Waals surface area contributed by atoms with Gasteiger partial charge in [0, 0.05) is 19.2 Å². The smallest absolute Gasteiger partial charge is 0.251 e. The Bertz CT molecular complexity index is 1210. The van der Waals surface area contributed by atoms with E-state index in [-0.39, 0.29) is 17.6 Å². The van der Waals surface area contributed by atoms with Crippen LogP contribution in [0.1, 0.15) is 61.6 Å². The van der Waals surface area contributed by atoms with Crippen molar-refractivity contribution in [1.82, 2.24) is 10.2 Å². The van der Waals surface area contributed by atoms with E-state index in [0.29, 0.717) is 12.2 Å². The molecule has 36 heavy (non-hydrogen) atoms. The lowest BCUT2D eigenvalue weighted by molar-refractivity contribution is -0.00608. The number of carbonyl (C=O) groups is 1. The number of likely N-dealkylation sites (N-methyl/N-ethyl adjacent to an activating group) is 1. The van der Waals surface area contributed by atoms with Crippen LogP contribution >= 0.6 is 0 Å². The Labute approximate surface area is 215 Å². The Morgan fingerprint density at radius 1 is 1.03 bits per heavy atom. The number of aliphatic imine (C=N–C) groups is 1. The van der Waals surface area contributed by atoms with Crippen LogP contribution in [0.25, 0.3) is 11.1 Å². The summed E-state index contributed by atoms with van der Waals surface area (Å²) in [7, 11) is 2.03. The lowest BCUT2D eigenvalue weighted by Gasteiger charge is -2.23. The third-order valence-electron chi connectivity index (χ3n) is 6.57. The molecule has 188 valence electrons. The van der Waals surface area contributed by atoms with Crippen LogP contribution in [-0.4, -0.2) is 42.4 Å². The van der Waals surface area contributed by atoms with E-state index in [2.05, 4.69) is 61.3 Å². The van der Waals surface area contributed by atoms with Crippen molar-refractivity contribution in [2.75, 3.05) is 20.2 Å². The van der Waals surface area contributed by atoms with Crippen LogP contribution in [0.15, 0.2) is 77.8 Å². The first-order valence-electron chi connectivity index (χ1n) is 12.7. The number of ether oxygens (including phenoxy) is 1. The SMILES string of the molecule is CC(=Nc1ccc2c(c1)C(NC(=O)c1ccc(-c3ccccc3)cc1)CC2)N(C)CCOC(C)(C)C. The molecule has 1 aliphatic carbocycles. The quantitative estimate of drug-likeness (QED) is 0.306. The van der Waals surface area contributed by atoms with Crippen LogP contribution in [0.3, 0.4) is 0 Å². The number of carbonyl (C=O) groups excluding carboxylic acids is 1. The second-order valence-corrected chi connectivity index (χ2v) is 10.4. The highest BCUT2D eigenvalue weighted by Gasteiger charge is 2.25. The first kappa shape index (κ1) is 25.6. The predicted octanol–water partition coefficient (Wildman–Crippen LogP) is 6.57. The summed E-state index contributed by atoms with van der Waals surface area (Å²) in [5.74, 6) is 0.890. The summed E-state index contributed by atoms with van der Waals surface area (Å²) < 4.78 is 5.84. The standard InChI is InChI=1S/C31H37N3O2/c1-22(34(5)19-20-36-31(2,3)4)32-27-17-15-25-16-18-29(28(25)21-27)33-30(35)26-13-11-24(12-14-26)23-9-7-6-8-10-23/h6-15,17,21,29H,16,18-20H2,1-5H3,(H,33,35). The van der Waals surface area contributed by atoms with Crippen LogP contribution in [0.5, 0.6) is 0 Å². The first-order chi connectivity index (χ1) is 17.2. The maximum Gasteiger partial charge on any atom is 0.251 e. The summed E-state index contributed by atoms with van der Waals surface area (Å²) >= 11 is 0. The number of fused-ring (bicyclic) bond motifs is 1. The predicted molar refractivity (Wildman–Crippen MR) is 148 cm³/mol. The van der Waals surface area contributed by atoms with E-state index >= 15 is 0 Å². The second-order valence-electron chi connectivity index (χ2n) is 10.4. The first-order valence-corrected chi connectivity index (χ1v) is 12.7. The van der Waals surface area contributed by atoms with Gasteiger partial charge in [0.15, 0.2) is 0 Å². The molecule has 1 aliphatic rings. The largest absolute Gasteiger partial charge is 0.374 e. The van der Waals surface area contributed by atoms with Crippen LogP contribution in [-0.2, 0) is 11.2 Å². The minimum Gasteiger partial charge on any atom is -0.374 e. The minimum absolute atomic E-state index is 0.00493. The number of hydrogen-bond donors (Lipinski definition) is 1. The highest BCUT2D eigenvalue weighted by Crippen LogP contribution is 2.34. The molecule has 3 aromatic carbocycles. The van der Waals surface area contributed by atoms with Gasteiger partial charge < -0.3 is 15.0 Å². The Hall–Kier alpha value is -3.44. The molecular formula is C31H37N3O2. The Morgan fingerprint density at radius 3 is 2.42 bits per heavy atom. The fourth-order valence-corrected chi connectivity index (χ4v) is 4.42. The Morgan fingerprint density at radius 2 is 1.72 bits per heavy atom. The molecule has 0 radical (unpaired) electrons. The topological polar surface area (TPSA) is 53.9 Å². The number of aryl methyl sites for hydroxylation is 1. The van der Waals surface area contributed by atoms with Crippen LogP contribution in [0.2, 0.25) is 0 Å². The van der Waals surface area contributed by atoms with Gasteiger partial charge in [-0.05, 0) is 87.1 Å². The average Bonchev–Trinajstić information content (AvgIpc) is 3.25. The van der Waals surface area contributed by atoms with Gasteiger partial charge in [-0.1, -0.05) is 48.5 Å². The summed E-state index contributed by atoms with van der Waals surface area (Å²) in [6.45, 7) is 9.63. The van der Waals surface area contributed by atoms with Gasteiger partial charge in [0.25, 0.3) is 5.91 Å². The zero-order valence-electron chi connectivity index (χ0n) is 22.0. The normalized spacial score (nSPS) is 15.5. The van der Waals surface area contributed by atoms with Gasteiger partial charge in [-0.25, -0.2) is 4.99 Å². The van der Waals surface area contributed by atoms with Crippen LogP contribution < -0.4 is 5.32 Å². The van der Waals surface area contributed by atoms with Gasteiger partial charge in [0.05, 0.1) is 23.9 Å². The van der Waals surface area contributed by atoms with Crippen molar-refractivity contribution in [2.24, 2.45) is 4.99 Å². The van der Waals surface area contributed by atoms with E-state index in [4.69, 9.17) is 9.73 Å². The van der Waals surface area contributed by atoms with Gasteiger partial charge in [0.2, 0.25) is 0 Å². The zero-order chi connectivity index (χ0) is 25.7. The molecule has 0 fully saturated rings. The maximum atomic E-state index is 13.0. The van der Waals surface area contributed by atoms with Crippen molar-refractivity contribution in [3.8, 4) is 11.1 Å². The number of nitrogens with zero attached hydrogens (tertiary/aromatic N) is 2. The summed E-state index contributed by atoms with van der Waals surface area (Å²) in [4.78, 5) is 20.0. The lowest BCUT2D eigenvalue weighted by atomic mass is 10.0. The molecule has 1 amide bonds. The highest BCUT2D eigenvalue weighted by atomic mass is 16.5. The fourth-order valence-electron chi connectivity index (χ4n) is 4.42. The number of benzene rings is 3. The number of nitrogens with one attached hydrogen (secondary N) is 1. The molecule has 0 aromatic heterocycles. The summed E-state index contributed by atoms with van der Waals surface area (Å²) in [5, 5.41) is 3.24. The van der Waals surface area contributed by atoms with E-state index in [1.807, 2.05) is 56.4 Å². The van der Waals surface area contributed by atoms with Crippen LogP contribution in [0, 0.1) is 0 Å². The third kappa shape index (κ3) is 6.61. The van der Waals surface area contributed by atoms with Crippen molar-refractivity contribution in [1.29, 1.82) is 0 Å². The molecule has 0 bridgehead atoms. The number of hydrogen-bond acceptors (Lipinski definition) is 3. The van der Waals surface area contributed by atoms with Crippen molar-refractivity contribution >= 4 is 17.4 Å². The molecule has 0 aliphatic heterocycles. The van der Waals surface area contributed by atoms with E-state index in [1.54, 1.807) is 0 Å². The van der Waals surface area contributed by atoms with Gasteiger partial charge in [-0.2, -0.15) is 0 Å². The molecule has 1 atom stereocenters. The Balaban J connectivity index is 1.41. The molecule has 1 unspecified atom stereocenters. The zero-order valence-corrected chi connectivity index (χ0v) is 22.0. The molecule has 4 rings (SSSR count). The molecule has 0 saturated carbocycles. The van der Waals surface area contributed by atoms with Gasteiger partial charge in [-0.3, -0.25) is 4.79 Å². The Kier molecular flexibility index (Phi) is 7.90. The van der Waals surface area contributed by atoms with E-state index in [9.17, 15) is 4.79 Å². The van der Waals surface area contributed by atoms with Crippen molar-refractivity contribution in [3.63, 3.8) is 0 Å². The maximum absolute atomic E-state index is 13.0. The fraction of sp³-hybridized carbons (Fsp3) is 0.355. The molecule has 5 nitrogen and oxygen atoms in total. The van der Waals surface area contributed by atoms with E-state index in [0.717, 1.165) is 47.6 Å². The number of amides is 1. The average molecular weight is 484 g/mol. The second kappa shape index (κ2) is 11.1. The minimum atomic E-state index is -0.144. The van der Waals surface area contributed by atoms with Crippen molar-refractivity contribution < 1.29 is 9.53 Å².